The van der Waals surface area contributed by atoms with E-state index in [-0.39, 0.29) is 0 Å². The summed E-state index contributed by atoms with van der Waals surface area (Å²) in [7, 11) is 0. The first kappa shape index (κ1) is 11.4. The molecule has 2 aromatic rings. The van der Waals surface area contributed by atoms with Crippen molar-refractivity contribution in [1.82, 2.24) is 19.7 Å². The minimum Gasteiger partial charge on any atom is -0.221 e. The fraction of sp³-hybridized carbons (Fsp3) is 0.300. The van der Waals surface area contributed by atoms with Crippen LogP contribution < -0.4 is 0 Å². The van der Waals surface area contributed by atoms with E-state index in [0.717, 1.165) is 12.0 Å². The van der Waals surface area contributed by atoms with Gasteiger partial charge in [0.15, 0.2) is 5.82 Å². The molecule has 0 N–H and O–H groups in total. The molecule has 84 valence electrons. The van der Waals surface area contributed by atoms with Gasteiger partial charge >= 0.3 is 0 Å². The van der Waals surface area contributed by atoms with E-state index in [1.54, 1.807) is 17.1 Å². The first-order valence-electron chi connectivity index (χ1n) is 4.85. The Bertz CT molecular complexity index is 522. The van der Waals surface area contributed by atoms with Gasteiger partial charge in [-0.3, -0.25) is 0 Å². The zero-order chi connectivity index (χ0) is 11.7. The standard InChI is InChI=1S/C10H10Cl2N4/c1-3-8-14-9(12)6(2)10(15-8)16-5-7(11)4-13-16/h4-5H,3H2,1-2H3. The normalized spacial score (nSPS) is 10.8. The second kappa shape index (κ2) is 4.39. The fourth-order valence-electron chi connectivity index (χ4n) is 1.32. The zero-order valence-corrected chi connectivity index (χ0v) is 10.4. The molecule has 0 radical (unpaired) electrons. The van der Waals surface area contributed by atoms with Crippen LogP contribution >= 0.6 is 23.2 Å². The van der Waals surface area contributed by atoms with Gasteiger partial charge in [-0.15, -0.1) is 0 Å². The van der Waals surface area contributed by atoms with Crippen LogP contribution in [0.15, 0.2) is 12.4 Å². The second-order valence-electron chi connectivity index (χ2n) is 3.34. The highest BCUT2D eigenvalue weighted by Crippen LogP contribution is 2.20. The fourth-order valence-corrected chi connectivity index (χ4v) is 1.64. The van der Waals surface area contributed by atoms with Crippen LogP contribution in [0.2, 0.25) is 10.2 Å². The van der Waals surface area contributed by atoms with Crippen molar-refractivity contribution in [3.05, 3.63) is 34.0 Å². The summed E-state index contributed by atoms with van der Waals surface area (Å²) in [6.07, 6.45) is 3.97. The molecule has 2 heterocycles. The number of nitrogens with zero attached hydrogens (tertiary/aromatic N) is 4. The van der Waals surface area contributed by atoms with Gasteiger partial charge in [-0.05, 0) is 6.92 Å². The van der Waals surface area contributed by atoms with E-state index in [0.29, 0.717) is 21.8 Å². The Morgan fingerprint density at radius 2 is 2.06 bits per heavy atom. The average Bonchev–Trinajstić information content (AvgIpc) is 2.68. The molecule has 0 spiro atoms. The third-order valence-electron chi connectivity index (χ3n) is 2.19. The van der Waals surface area contributed by atoms with Gasteiger partial charge in [0.05, 0.1) is 17.4 Å². The third kappa shape index (κ3) is 2.03. The van der Waals surface area contributed by atoms with Crippen molar-refractivity contribution in [2.45, 2.75) is 20.3 Å². The Morgan fingerprint density at radius 3 is 2.62 bits per heavy atom. The lowest BCUT2D eigenvalue weighted by Crippen LogP contribution is -2.06. The van der Waals surface area contributed by atoms with Crippen LogP contribution in [-0.2, 0) is 6.42 Å². The van der Waals surface area contributed by atoms with Crippen molar-refractivity contribution >= 4 is 23.2 Å². The summed E-state index contributed by atoms with van der Waals surface area (Å²) in [6, 6.07) is 0. The van der Waals surface area contributed by atoms with Crippen LogP contribution in [0.4, 0.5) is 0 Å². The monoisotopic (exact) mass is 256 g/mol. The molecule has 2 rings (SSSR count). The highest BCUT2D eigenvalue weighted by molar-refractivity contribution is 6.30. The van der Waals surface area contributed by atoms with Crippen molar-refractivity contribution in [3.63, 3.8) is 0 Å². The largest absolute Gasteiger partial charge is 0.221 e. The minimum absolute atomic E-state index is 0.452. The molecule has 0 aliphatic rings. The van der Waals surface area contributed by atoms with Gasteiger partial charge < -0.3 is 0 Å². The Labute approximate surface area is 103 Å². The molecule has 0 amide bonds. The molecule has 0 atom stereocenters. The van der Waals surface area contributed by atoms with Crippen molar-refractivity contribution in [2.75, 3.05) is 0 Å². The summed E-state index contributed by atoms with van der Waals surface area (Å²) in [5.41, 5.74) is 0.790. The molecule has 0 saturated carbocycles. The summed E-state index contributed by atoms with van der Waals surface area (Å²) in [5, 5.41) is 5.11. The Morgan fingerprint density at radius 1 is 1.31 bits per heavy atom. The number of halogens is 2. The molecule has 0 fully saturated rings. The number of rotatable bonds is 2. The molecule has 0 saturated heterocycles. The highest BCUT2D eigenvalue weighted by Gasteiger charge is 2.11. The van der Waals surface area contributed by atoms with Gasteiger partial charge in [0.25, 0.3) is 0 Å². The van der Waals surface area contributed by atoms with E-state index < -0.39 is 0 Å². The summed E-state index contributed by atoms with van der Waals surface area (Å²) >= 11 is 11.8. The maximum absolute atomic E-state index is 6.03. The number of aryl methyl sites for hydroxylation is 1. The molecule has 0 bridgehead atoms. The Hall–Kier alpha value is -1.13. The molecule has 0 aliphatic carbocycles. The van der Waals surface area contributed by atoms with Crippen molar-refractivity contribution in [1.29, 1.82) is 0 Å². The van der Waals surface area contributed by atoms with Crippen LogP contribution in [-0.4, -0.2) is 19.7 Å². The van der Waals surface area contributed by atoms with Gasteiger partial charge in [-0.25, -0.2) is 14.6 Å². The Balaban J connectivity index is 2.59. The van der Waals surface area contributed by atoms with Crippen LogP contribution in [0.3, 0.4) is 0 Å². The number of hydrogen-bond acceptors (Lipinski definition) is 3. The minimum atomic E-state index is 0.452. The average molecular weight is 257 g/mol. The molecule has 16 heavy (non-hydrogen) atoms. The summed E-state index contributed by atoms with van der Waals surface area (Å²) in [4.78, 5) is 8.55. The third-order valence-corrected chi connectivity index (χ3v) is 2.75. The van der Waals surface area contributed by atoms with Crippen LogP contribution in [0.5, 0.6) is 0 Å². The molecule has 2 aromatic heterocycles. The SMILES string of the molecule is CCc1nc(Cl)c(C)c(-n2cc(Cl)cn2)n1. The van der Waals surface area contributed by atoms with Gasteiger partial charge in [0.2, 0.25) is 0 Å². The molecule has 0 aliphatic heterocycles. The summed E-state index contributed by atoms with van der Waals surface area (Å²) in [5.74, 6) is 1.36. The molecule has 6 heteroatoms. The van der Waals surface area contributed by atoms with Gasteiger partial charge in [0, 0.05) is 12.0 Å². The molecular formula is C10H10Cl2N4. The first-order valence-corrected chi connectivity index (χ1v) is 5.61. The van der Waals surface area contributed by atoms with E-state index in [1.807, 2.05) is 13.8 Å². The molecule has 0 aromatic carbocycles. The van der Waals surface area contributed by atoms with Crippen LogP contribution in [0.25, 0.3) is 5.82 Å². The lowest BCUT2D eigenvalue weighted by atomic mass is 10.3. The predicted molar refractivity (Wildman–Crippen MR) is 63.3 cm³/mol. The number of aromatic nitrogens is 4. The lowest BCUT2D eigenvalue weighted by Gasteiger charge is -2.07. The zero-order valence-electron chi connectivity index (χ0n) is 8.91. The quantitative estimate of drug-likeness (QED) is 0.777. The smallest absolute Gasteiger partial charge is 0.161 e. The van der Waals surface area contributed by atoms with Crippen LogP contribution in [0, 0.1) is 6.92 Å². The predicted octanol–water partition coefficient (Wildman–Crippen LogP) is 2.84. The topological polar surface area (TPSA) is 43.6 Å². The molecule has 4 nitrogen and oxygen atoms in total. The Kier molecular flexibility index (Phi) is 3.12. The van der Waals surface area contributed by atoms with E-state index in [9.17, 15) is 0 Å². The lowest BCUT2D eigenvalue weighted by molar-refractivity contribution is 0.803. The molecule has 0 unspecified atom stereocenters. The van der Waals surface area contributed by atoms with Crippen molar-refractivity contribution in [2.24, 2.45) is 0 Å². The van der Waals surface area contributed by atoms with E-state index in [4.69, 9.17) is 23.2 Å². The summed E-state index contributed by atoms with van der Waals surface area (Å²) in [6.45, 7) is 3.83. The van der Waals surface area contributed by atoms with Gasteiger partial charge in [0.1, 0.15) is 11.0 Å². The number of hydrogen-bond donors (Lipinski definition) is 0. The molecular weight excluding hydrogens is 247 g/mol. The van der Waals surface area contributed by atoms with Crippen molar-refractivity contribution < 1.29 is 0 Å². The van der Waals surface area contributed by atoms with E-state index in [2.05, 4.69) is 15.1 Å². The second-order valence-corrected chi connectivity index (χ2v) is 4.13. The van der Waals surface area contributed by atoms with Crippen LogP contribution in [0.1, 0.15) is 18.3 Å². The highest BCUT2D eigenvalue weighted by atomic mass is 35.5. The maximum Gasteiger partial charge on any atom is 0.161 e. The van der Waals surface area contributed by atoms with Gasteiger partial charge in [-0.1, -0.05) is 30.1 Å². The maximum atomic E-state index is 6.03. The summed E-state index contributed by atoms with van der Waals surface area (Å²) < 4.78 is 1.60. The van der Waals surface area contributed by atoms with E-state index >= 15 is 0 Å². The van der Waals surface area contributed by atoms with Gasteiger partial charge in [-0.2, -0.15) is 5.10 Å². The first-order chi connectivity index (χ1) is 7.61. The van der Waals surface area contributed by atoms with E-state index in [1.165, 1.54) is 0 Å². The van der Waals surface area contributed by atoms with Crippen molar-refractivity contribution in [3.8, 4) is 5.82 Å².